The van der Waals surface area contributed by atoms with E-state index in [-0.39, 0.29) is 5.56 Å². The highest BCUT2D eigenvalue weighted by Gasteiger charge is 2.14. The molecular weight excluding hydrogens is 238 g/mol. The molecule has 0 fully saturated rings. The fourth-order valence-electron chi connectivity index (χ4n) is 1.28. The number of aromatic carboxylic acids is 1. The standard InChI is InChI=1S/C11H9N3O2S/c12-8-3-1-2-7(11(15)16)10(8)17-9-4-5-13-6-14-9/h1-6H,12H2,(H,15,16). The molecule has 5 nitrogen and oxygen atoms in total. The monoisotopic (exact) mass is 247 g/mol. The van der Waals surface area contributed by atoms with Crippen molar-refractivity contribution < 1.29 is 9.90 Å². The lowest BCUT2D eigenvalue weighted by Crippen LogP contribution is -2.01. The molecule has 0 atom stereocenters. The van der Waals surface area contributed by atoms with Crippen molar-refractivity contribution in [3.05, 3.63) is 42.4 Å². The molecule has 2 aromatic rings. The molecule has 0 unspecified atom stereocenters. The van der Waals surface area contributed by atoms with E-state index in [0.717, 1.165) is 0 Å². The molecule has 0 saturated heterocycles. The van der Waals surface area contributed by atoms with Crippen LogP contribution in [0.3, 0.4) is 0 Å². The summed E-state index contributed by atoms with van der Waals surface area (Å²) in [4.78, 5) is 19.4. The molecule has 0 aliphatic rings. The Morgan fingerprint density at radius 3 is 2.82 bits per heavy atom. The van der Waals surface area contributed by atoms with Gasteiger partial charge in [0.1, 0.15) is 11.4 Å². The Balaban J connectivity index is 2.41. The third kappa shape index (κ3) is 2.54. The number of hydrogen-bond donors (Lipinski definition) is 2. The summed E-state index contributed by atoms with van der Waals surface area (Å²) in [6.07, 6.45) is 3.00. The van der Waals surface area contributed by atoms with E-state index in [9.17, 15) is 4.79 Å². The number of nitrogens with two attached hydrogens (primary N) is 1. The Hall–Kier alpha value is -2.08. The third-order valence-electron chi connectivity index (χ3n) is 2.04. The van der Waals surface area contributed by atoms with Crippen LogP contribution in [-0.2, 0) is 0 Å². The van der Waals surface area contributed by atoms with Crippen molar-refractivity contribution in [2.75, 3.05) is 5.73 Å². The summed E-state index contributed by atoms with van der Waals surface area (Å²) < 4.78 is 0. The van der Waals surface area contributed by atoms with Crippen LogP contribution in [0.5, 0.6) is 0 Å². The second-order valence-corrected chi connectivity index (χ2v) is 4.21. The number of nitrogen functional groups attached to an aromatic ring is 1. The van der Waals surface area contributed by atoms with Crippen molar-refractivity contribution in [2.24, 2.45) is 0 Å². The Morgan fingerprint density at radius 2 is 2.18 bits per heavy atom. The number of benzene rings is 1. The molecule has 0 aliphatic heterocycles. The molecule has 0 spiro atoms. The van der Waals surface area contributed by atoms with E-state index in [0.29, 0.717) is 15.6 Å². The smallest absolute Gasteiger partial charge is 0.336 e. The van der Waals surface area contributed by atoms with Gasteiger partial charge in [-0.05, 0) is 18.2 Å². The number of nitrogens with zero attached hydrogens (tertiary/aromatic N) is 2. The van der Waals surface area contributed by atoms with Crippen LogP contribution in [0.4, 0.5) is 5.69 Å². The zero-order valence-corrected chi connectivity index (χ0v) is 9.52. The third-order valence-corrected chi connectivity index (χ3v) is 3.15. The van der Waals surface area contributed by atoms with Crippen molar-refractivity contribution in [1.82, 2.24) is 9.97 Å². The van der Waals surface area contributed by atoms with Gasteiger partial charge in [0, 0.05) is 11.9 Å². The van der Waals surface area contributed by atoms with Crippen molar-refractivity contribution in [2.45, 2.75) is 9.92 Å². The molecule has 1 aromatic carbocycles. The van der Waals surface area contributed by atoms with Gasteiger partial charge in [-0.3, -0.25) is 0 Å². The lowest BCUT2D eigenvalue weighted by molar-refractivity contribution is 0.0693. The highest BCUT2D eigenvalue weighted by Crippen LogP contribution is 2.33. The minimum Gasteiger partial charge on any atom is -0.478 e. The van der Waals surface area contributed by atoms with Gasteiger partial charge in [0.05, 0.1) is 10.5 Å². The molecule has 6 heteroatoms. The van der Waals surface area contributed by atoms with Crippen molar-refractivity contribution >= 4 is 23.4 Å². The normalized spacial score (nSPS) is 10.1. The van der Waals surface area contributed by atoms with Crippen LogP contribution < -0.4 is 5.73 Å². The summed E-state index contributed by atoms with van der Waals surface area (Å²) in [5, 5.41) is 9.72. The predicted octanol–water partition coefficient (Wildman–Crippen LogP) is 1.91. The van der Waals surface area contributed by atoms with Crippen LogP contribution in [0.25, 0.3) is 0 Å². The number of rotatable bonds is 3. The Kier molecular flexibility index (Phi) is 3.24. The van der Waals surface area contributed by atoms with Gasteiger partial charge in [-0.25, -0.2) is 14.8 Å². The van der Waals surface area contributed by atoms with Crippen molar-refractivity contribution in [3.63, 3.8) is 0 Å². The molecule has 0 aliphatic carbocycles. The molecule has 1 heterocycles. The van der Waals surface area contributed by atoms with Gasteiger partial charge < -0.3 is 10.8 Å². The maximum absolute atomic E-state index is 11.1. The Morgan fingerprint density at radius 1 is 1.35 bits per heavy atom. The van der Waals surface area contributed by atoms with E-state index in [4.69, 9.17) is 10.8 Å². The molecule has 0 amide bonds. The minimum absolute atomic E-state index is 0.175. The summed E-state index contributed by atoms with van der Waals surface area (Å²) in [5.41, 5.74) is 6.38. The topological polar surface area (TPSA) is 89.1 Å². The average Bonchev–Trinajstić information content (AvgIpc) is 2.33. The van der Waals surface area contributed by atoms with Crippen LogP contribution in [-0.4, -0.2) is 21.0 Å². The summed E-state index contributed by atoms with van der Waals surface area (Å²) in [6.45, 7) is 0. The summed E-state index contributed by atoms with van der Waals surface area (Å²) >= 11 is 1.21. The fraction of sp³-hybridized carbons (Fsp3) is 0. The second kappa shape index (κ2) is 4.84. The van der Waals surface area contributed by atoms with Crippen molar-refractivity contribution in [1.29, 1.82) is 0 Å². The zero-order valence-electron chi connectivity index (χ0n) is 8.70. The van der Waals surface area contributed by atoms with Crippen LogP contribution in [0.1, 0.15) is 10.4 Å². The predicted molar refractivity (Wildman–Crippen MR) is 64.0 cm³/mol. The maximum atomic E-state index is 11.1. The molecule has 2 rings (SSSR count). The maximum Gasteiger partial charge on any atom is 0.336 e. The van der Waals surface area contributed by atoms with Gasteiger partial charge in [-0.15, -0.1) is 0 Å². The van der Waals surface area contributed by atoms with Gasteiger partial charge in [0.15, 0.2) is 0 Å². The van der Waals surface area contributed by atoms with Crippen LogP contribution in [0.15, 0.2) is 46.7 Å². The van der Waals surface area contributed by atoms with Gasteiger partial charge in [0.2, 0.25) is 0 Å². The van der Waals surface area contributed by atoms with E-state index in [1.54, 1.807) is 24.4 Å². The van der Waals surface area contributed by atoms with Crippen LogP contribution >= 0.6 is 11.8 Å². The number of carboxylic acid groups (broad SMARTS) is 1. The lowest BCUT2D eigenvalue weighted by Gasteiger charge is -2.07. The lowest BCUT2D eigenvalue weighted by atomic mass is 10.2. The average molecular weight is 247 g/mol. The van der Waals surface area contributed by atoms with Gasteiger partial charge in [-0.2, -0.15) is 0 Å². The quantitative estimate of drug-likeness (QED) is 0.636. The first-order chi connectivity index (χ1) is 8.18. The number of carboxylic acids is 1. The van der Waals surface area contributed by atoms with E-state index < -0.39 is 5.97 Å². The highest BCUT2D eigenvalue weighted by molar-refractivity contribution is 7.99. The molecule has 3 N–H and O–H groups in total. The Labute approximate surface area is 102 Å². The fourth-order valence-corrected chi connectivity index (χ4v) is 2.17. The van der Waals surface area contributed by atoms with Gasteiger partial charge >= 0.3 is 5.97 Å². The highest BCUT2D eigenvalue weighted by atomic mass is 32.2. The van der Waals surface area contributed by atoms with Crippen molar-refractivity contribution in [3.8, 4) is 0 Å². The van der Waals surface area contributed by atoms with E-state index in [1.165, 1.54) is 24.2 Å². The van der Waals surface area contributed by atoms with E-state index in [1.807, 2.05) is 0 Å². The molecule has 86 valence electrons. The minimum atomic E-state index is -1.01. The number of carbonyl (C=O) groups is 1. The molecule has 0 saturated carbocycles. The first-order valence-corrected chi connectivity index (χ1v) is 5.56. The number of anilines is 1. The van der Waals surface area contributed by atoms with Crippen LogP contribution in [0.2, 0.25) is 0 Å². The second-order valence-electron chi connectivity index (χ2n) is 3.18. The summed E-state index contributed by atoms with van der Waals surface area (Å²) in [6, 6.07) is 6.49. The zero-order chi connectivity index (χ0) is 12.3. The molecule has 1 aromatic heterocycles. The largest absolute Gasteiger partial charge is 0.478 e. The molecule has 0 radical (unpaired) electrons. The molecule has 17 heavy (non-hydrogen) atoms. The van der Waals surface area contributed by atoms with Gasteiger partial charge in [0.25, 0.3) is 0 Å². The van der Waals surface area contributed by atoms with Crippen LogP contribution in [0, 0.1) is 0 Å². The van der Waals surface area contributed by atoms with E-state index in [2.05, 4.69) is 9.97 Å². The molecular formula is C11H9N3O2S. The number of aromatic nitrogens is 2. The van der Waals surface area contributed by atoms with Gasteiger partial charge in [-0.1, -0.05) is 17.8 Å². The first-order valence-electron chi connectivity index (χ1n) is 4.74. The molecule has 0 bridgehead atoms. The Bertz CT molecular complexity index is 546. The van der Waals surface area contributed by atoms with E-state index >= 15 is 0 Å². The first kappa shape index (κ1) is 11.4. The number of hydrogen-bond acceptors (Lipinski definition) is 5. The summed E-state index contributed by atoms with van der Waals surface area (Å²) in [5.74, 6) is -1.01. The summed E-state index contributed by atoms with van der Waals surface area (Å²) in [7, 11) is 0. The SMILES string of the molecule is Nc1cccc(C(=O)O)c1Sc1ccncn1.